The smallest absolute Gasteiger partial charge is 0.183 e. The number of hydrogen-bond acceptors (Lipinski definition) is 3. The molecule has 0 aromatic carbocycles. The van der Waals surface area contributed by atoms with Crippen molar-refractivity contribution in [1.82, 2.24) is 0 Å². The molecule has 0 aliphatic rings. The lowest BCUT2D eigenvalue weighted by Crippen LogP contribution is -2.29. The fourth-order valence-corrected chi connectivity index (χ4v) is 0.630. The van der Waals surface area contributed by atoms with E-state index in [-0.39, 0.29) is 24.5 Å². The maximum Gasteiger partial charge on any atom is 0.183 e. The Morgan fingerprint density at radius 2 is 1.62 bits per heavy atom. The second kappa shape index (κ2) is 14.0. The number of unbranched alkanes of at least 4 members (excludes halogenated alkanes) is 2. The number of halogens is 1. The van der Waals surface area contributed by atoms with Crippen LogP contribution in [0.3, 0.4) is 0 Å². The Labute approximate surface area is 86.1 Å². The Balaban J connectivity index is -0.000000173. The molecular weight excluding hydrogens is 190 g/mol. The van der Waals surface area contributed by atoms with Gasteiger partial charge in [-0.15, -0.1) is 12.4 Å². The number of rotatable bonds is 4. The van der Waals surface area contributed by atoms with Gasteiger partial charge in [-0.2, -0.15) is 0 Å². The zero-order valence-corrected chi connectivity index (χ0v) is 8.94. The summed E-state index contributed by atoms with van der Waals surface area (Å²) in [7, 11) is 0. The Hall–Kier alpha value is -0.520. The molecule has 9 N–H and O–H groups in total. The fraction of sp³-hybridized carbons (Fsp3) is 0.857. The van der Waals surface area contributed by atoms with E-state index in [0.29, 0.717) is 0 Å². The van der Waals surface area contributed by atoms with Gasteiger partial charge in [-0.05, 0) is 6.42 Å². The molecule has 0 spiro atoms. The molecule has 13 heavy (non-hydrogen) atoms. The van der Waals surface area contributed by atoms with Gasteiger partial charge in [0.15, 0.2) is 5.96 Å². The van der Waals surface area contributed by atoms with Crippen molar-refractivity contribution in [2.24, 2.45) is 22.9 Å². The van der Waals surface area contributed by atoms with E-state index in [1.54, 1.807) is 0 Å². The lowest BCUT2D eigenvalue weighted by atomic mass is 10.2. The van der Waals surface area contributed by atoms with Crippen LogP contribution in [0.15, 0.2) is 0 Å². The van der Waals surface area contributed by atoms with Gasteiger partial charge in [0.2, 0.25) is 0 Å². The van der Waals surface area contributed by atoms with Crippen LogP contribution < -0.4 is 22.9 Å². The summed E-state index contributed by atoms with van der Waals surface area (Å²) < 4.78 is 0. The molecular formula is C7H22ClN5. The van der Waals surface area contributed by atoms with Crippen LogP contribution in [0.1, 0.15) is 32.6 Å². The highest BCUT2D eigenvalue weighted by Crippen LogP contribution is 1.97. The fourth-order valence-electron chi connectivity index (χ4n) is 0.630. The van der Waals surface area contributed by atoms with Gasteiger partial charge in [-0.1, -0.05) is 26.2 Å². The summed E-state index contributed by atoms with van der Waals surface area (Å²) in [5, 5.41) is 6.06. The molecule has 0 heterocycles. The molecule has 0 amide bonds. The van der Waals surface area contributed by atoms with E-state index in [4.69, 9.17) is 16.9 Å². The van der Waals surface area contributed by atoms with Gasteiger partial charge in [-0.3, -0.25) is 5.41 Å². The SMILES string of the molecule is CCCCCC(N)N.Cl.N=C(N)N. The quantitative estimate of drug-likeness (QED) is 0.195. The van der Waals surface area contributed by atoms with Crippen LogP contribution in [-0.2, 0) is 0 Å². The van der Waals surface area contributed by atoms with Gasteiger partial charge >= 0.3 is 0 Å². The lowest BCUT2D eigenvalue weighted by Gasteiger charge is -2.01. The predicted molar refractivity (Wildman–Crippen MR) is 59.7 cm³/mol. The second-order valence-corrected chi connectivity index (χ2v) is 2.61. The molecule has 0 atom stereocenters. The van der Waals surface area contributed by atoms with Gasteiger partial charge in [-0.25, -0.2) is 0 Å². The molecule has 0 unspecified atom stereocenters. The van der Waals surface area contributed by atoms with Crippen molar-refractivity contribution in [2.75, 3.05) is 0 Å². The maximum atomic E-state index is 6.06. The van der Waals surface area contributed by atoms with Crippen molar-refractivity contribution < 1.29 is 0 Å². The standard InChI is InChI=1S/C6H16N2.CH5N3.ClH/c1-2-3-4-5-6(7)8;2-1(3)4;/h6H,2-5,7-8H2,1H3;(H5,2,3,4);1H. The van der Waals surface area contributed by atoms with E-state index in [9.17, 15) is 0 Å². The molecule has 0 radical (unpaired) electrons. The van der Waals surface area contributed by atoms with Gasteiger partial charge in [0.05, 0.1) is 6.17 Å². The van der Waals surface area contributed by atoms with Crippen LogP contribution in [-0.4, -0.2) is 12.1 Å². The van der Waals surface area contributed by atoms with E-state index in [1.807, 2.05) is 0 Å². The molecule has 0 bridgehead atoms. The highest BCUT2D eigenvalue weighted by molar-refractivity contribution is 5.85. The summed E-state index contributed by atoms with van der Waals surface area (Å²) in [5.41, 5.74) is 19.6. The third-order valence-corrected chi connectivity index (χ3v) is 1.14. The number of guanidine groups is 1. The largest absolute Gasteiger partial charge is 0.370 e. The van der Waals surface area contributed by atoms with E-state index < -0.39 is 0 Å². The molecule has 0 aromatic heterocycles. The maximum absolute atomic E-state index is 6.06. The Morgan fingerprint density at radius 1 is 1.23 bits per heavy atom. The minimum Gasteiger partial charge on any atom is -0.370 e. The van der Waals surface area contributed by atoms with Crippen LogP contribution in [0.25, 0.3) is 0 Å². The molecule has 0 fully saturated rings. The molecule has 0 rings (SSSR count). The van der Waals surface area contributed by atoms with Gasteiger partial charge in [0.25, 0.3) is 0 Å². The van der Waals surface area contributed by atoms with Crippen LogP contribution in [0.4, 0.5) is 0 Å². The summed E-state index contributed by atoms with van der Waals surface area (Å²) in [4.78, 5) is 0. The zero-order valence-electron chi connectivity index (χ0n) is 8.12. The molecule has 0 aliphatic heterocycles. The zero-order chi connectivity index (χ0) is 9.98. The average Bonchev–Trinajstić information content (AvgIpc) is 1.86. The topological polar surface area (TPSA) is 128 Å². The first kappa shape index (κ1) is 18.3. The van der Waals surface area contributed by atoms with Crippen LogP contribution in [0, 0.1) is 5.41 Å². The normalized spacial score (nSPS) is 8.31. The van der Waals surface area contributed by atoms with Crippen molar-refractivity contribution in [3.8, 4) is 0 Å². The van der Waals surface area contributed by atoms with E-state index in [0.717, 1.165) is 6.42 Å². The van der Waals surface area contributed by atoms with E-state index in [2.05, 4.69) is 18.4 Å². The lowest BCUT2D eigenvalue weighted by molar-refractivity contribution is 0.575. The number of nitrogens with two attached hydrogens (primary N) is 4. The molecule has 5 nitrogen and oxygen atoms in total. The summed E-state index contributed by atoms with van der Waals surface area (Å²) in [6.45, 7) is 2.17. The molecule has 0 aliphatic carbocycles. The van der Waals surface area contributed by atoms with Gasteiger partial charge < -0.3 is 22.9 Å². The van der Waals surface area contributed by atoms with Crippen LogP contribution in [0.5, 0.6) is 0 Å². The molecule has 0 saturated heterocycles. The predicted octanol–water partition coefficient (Wildman–Crippen LogP) is 0.0706. The van der Waals surface area contributed by atoms with E-state index in [1.165, 1.54) is 19.3 Å². The van der Waals surface area contributed by atoms with E-state index >= 15 is 0 Å². The molecule has 82 valence electrons. The van der Waals surface area contributed by atoms with Crippen LogP contribution >= 0.6 is 12.4 Å². The van der Waals surface area contributed by atoms with Crippen molar-refractivity contribution in [2.45, 2.75) is 38.8 Å². The van der Waals surface area contributed by atoms with Crippen molar-refractivity contribution in [3.63, 3.8) is 0 Å². The summed E-state index contributed by atoms with van der Waals surface area (Å²) in [6.07, 6.45) is 4.54. The first-order chi connectivity index (χ1) is 5.50. The first-order valence-electron chi connectivity index (χ1n) is 4.11. The highest BCUT2D eigenvalue weighted by Gasteiger charge is 1.90. The Bertz CT molecular complexity index is 103. The van der Waals surface area contributed by atoms with Crippen molar-refractivity contribution in [3.05, 3.63) is 0 Å². The minimum atomic E-state index is -0.333. The van der Waals surface area contributed by atoms with Crippen molar-refractivity contribution >= 4 is 18.4 Å². The van der Waals surface area contributed by atoms with Gasteiger partial charge in [0, 0.05) is 0 Å². The third kappa shape index (κ3) is 51.4. The van der Waals surface area contributed by atoms with Gasteiger partial charge in [0.1, 0.15) is 0 Å². The molecule has 0 saturated carbocycles. The first-order valence-corrected chi connectivity index (χ1v) is 4.11. The second-order valence-electron chi connectivity index (χ2n) is 2.61. The summed E-state index contributed by atoms with van der Waals surface area (Å²) >= 11 is 0. The number of hydrogen-bond donors (Lipinski definition) is 5. The number of nitrogens with one attached hydrogen (secondary N) is 1. The monoisotopic (exact) mass is 211 g/mol. The van der Waals surface area contributed by atoms with Crippen LogP contribution in [0.2, 0.25) is 0 Å². The summed E-state index contributed by atoms with van der Waals surface area (Å²) in [6, 6.07) is 0. The molecule has 0 aromatic rings. The van der Waals surface area contributed by atoms with Crippen molar-refractivity contribution in [1.29, 1.82) is 5.41 Å². The Morgan fingerprint density at radius 3 is 1.85 bits per heavy atom. The highest BCUT2D eigenvalue weighted by atomic mass is 35.5. The summed E-state index contributed by atoms with van der Waals surface area (Å²) in [5.74, 6) is -0.333. The minimum absolute atomic E-state index is 0. The average molecular weight is 212 g/mol. The third-order valence-electron chi connectivity index (χ3n) is 1.14. The Kier molecular flexibility index (Phi) is 19.8. The molecule has 6 heteroatoms.